The molecule has 112 valence electrons. The van der Waals surface area contributed by atoms with E-state index >= 15 is 0 Å². The molecule has 1 atom stereocenters. The molecule has 0 aliphatic carbocycles. The molecule has 0 spiro atoms. The average Bonchev–Trinajstić information content (AvgIpc) is 2.45. The molecule has 0 N–H and O–H groups in total. The van der Waals surface area contributed by atoms with Gasteiger partial charge in [0.05, 0.1) is 19.5 Å². The highest BCUT2D eigenvalue weighted by Crippen LogP contribution is 2.33. The summed E-state index contributed by atoms with van der Waals surface area (Å²) in [5, 5.41) is 0. The van der Waals surface area contributed by atoms with Gasteiger partial charge in [-0.3, -0.25) is 0 Å². The smallest absolute Gasteiger partial charge is 0.216 e. The minimum Gasteiger partial charge on any atom is -0.497 e. The van der Waals surface area contributed by atoms with Crippen LogP contribution in [0.2, 0.25) is 0 Å². The lowest BCUT2D eigenvalue weighted by Gasteiger charge is -2.34. The van der Waals surface area contributed by atoms with Crippen LogP contribution in [-0.2, 0) is 21.2 Å². The molecule has 0 fully saturated rings. The van der Waals surface area contributed by atoms with Crippen molar-refractivity contribution in [3.8, 4) is 5.75 Å². The van der Waals surface area contributed by atoms with Gasteiger partial charge in [-0.1, -0.05) is 6.07 Å². The summed E-state index contributed by atoms with van der Waals surface area (Å²) in [6.45, 7) is 2.66. The fraction of sp³-hybridized carbons (Fsp3) is 0.571. The van der Waals surface area contributed by atoms with Crippen LogP contribution in [0, 0.1) is 0 Å². The second kappa shape index (κ2) is 6.11. The molecule has 0 bridgehead atoms. The molecule has 1 unspecified atom stereocenters. The Labute approximate surface area is 120 Å². The van der Waals surface area contributed by atoms with Crippen molar-refractivity contribution >= 4 is 10.0 Å². The molecule has 20 heavy (non-hydrogen) atoms. The Hall–Kier alpha value is -1.11. The molecule has 2 rings (SSSR count). The highest BCUT2D eigenvalue weighted by atomic mass is 32.2. The van der Waals surface area contributed by atoms with Crippen LogP contribution in [-0.4, -0.2) is 45.8 Å². The normalized spacial score (nSPS) is 19.6. The quantitative estimate of drug-likeness (QED) is 0.828. The number of hydrogen-bond donors (Lipinski definition) is 0. The van der Waals surface area contributed by atoms with Crippen LogP contribution in [0.4, 0.5) is 0 Å². The van der Waals surface area contributed by atoms with Gasteiger partial charge in [0.1, 0.15) is 5.75 Å². The number of sulfonamides is 1. The van der Waals surface area contributed by atoms with Gasteiger partial charge < -0.3 is 9.47 Å². The van der Waals surface area contributed by atoms with Gasteiger partial charge in [0.2, 0.25) is 10.0 Å². The molecule has 1 aromatic carbocycles. The van der Waals surface area contributed by atoms with E-state index in [1.54, 1.807) is 11.4 Å². The topological polar surface area (TPSA) is 55.8 Å². The summed E-state index contributed by atoms with van der Waals surface area (Å²) in [7, 11) is -0.167. The summed E-state index contributed by atoms with van der Waals surface area (Å²) in [5.74, 6) is 0.777. The number of methoxy groups -OCH3 is 2. The number of nitrogens with zero attached hydrogens (tertiary/aromatic N) is 1. The van der Waals surface area contributed by atoms with E-state index in [-0.39, 0.29) is 18.4 Å². The molecule has 0 saturated heterocycles. The molecule has 0 radical (unpaired) electrons. The minimum absolute atomic E-state index is 0.0210. The predicted molar refractivity (Wildman–Crippen MR) is 77.5 cm³/mol. The van der Waals surface area contributed by atoms with Crippen LogP contribution in [0.15, 0.2) is 18.2 Å². The maximum absolute atomic E-state index is 12.3. The first-order valence-electron chi connectivity index (χ1n) is 6.65. The summed E-state index contributed by atoms with van der Waals surface area (Å²) < 4.78 is 36.3. The molecule has 0 saturated carbocycles. The molecule has 1 heterocycles. The summed E-state index contributed by atoms with van der Waals surface area (Å²) in [5.41, 5.74) is 2.22. The molecule has 5 nitrogen and oxygen atoms in total. The minimum atomic E-state index is -3.29. The summed E-state index contributed by atoms with van der Waals surface area (Å²) in [6, 6.07) is 5.69. The number of ether oxygens (including phenoxy) is 2. The standard InChI is InChI=1S/C14H21NO4S/c1-11-14-10-13(19-3)5-4-12(14)6-7-15(11)20(16,17)9-8-18-2/h4-5,10-11H,6-9H2,1-3H3. The molecule has 6 heteroatoms. The van der Waals surface area contributed by atoms with Gasteiger partial charge in [0, 0.05) is 19.7 Å². The Balaban J connectivity index is 2.28. The average molecular weight is 299 g/mol. The van der Waals surface area contributed by atoms with Crippen molar-refractivity contribution in [2.75, 3.05) is 33.1 Å². The lowest BCUT2D eigenvalue weighted by atomic mass is 9.95. The second-order valence-corrected chi connectivity index (χ2v) is 6.95. The van der Waals surface area contributed by atoms with Crippen molar-refractivity contribution in [1.29, 1.82) is 0 Å². The van der Waals surface area contributed by atoms with Crippen molar-refractivity contribution in [3.63, 3.8) is 0 Å². The number of benzene rings is 1. The number of fused-ring (bicyclic) bond motifs is 1. The third kappa shape index (κ3) is 2.97. The largest absolute Gasteiger partial charge is 0.497 e. The van der Waals surface area contributed by atoms with Gasteiger partial charge in [0.15, 0.2) is 0 Å². The van der Waals surface area contributed by atoms with E-state index < -0.39 is 10.0 Å². The van der Waals surface area contributed by atoms with Gasteiger partial charge in [-0.05, 0) is 36.6 Å². The molecule has 1 aliphatic heterocycles. The number of hydrogen-bond acceptors (Lipinski definition) is 4. The second-order valence-electron chi connectivity index (χ2n) is 4.91. The van der Waals surface area contributed by atoms with Gasteiger partial charge in [0.25, 0.3) is 0 Å². The van der Waals surface area contributed by atoms with E-state index in [1.165, 1.54) is 12.7 Å². The first kappa shape index (κ1) is 15.3. The van der Waals surface area contributed by atoms with Crippen LogP contribution < -0.4 is 4.74 Å². The van der Waals surface area contributed by atoms with E-state index in [1.807, 2.05) is 25.1 Å². The zero-order valence-corrected chi connectivity index (χ0v) is 12.9. The monoisotopic (exact) mass is 299 g/mol. The first-order valence-corrected chi connectivity index (χ1v) is 8.26. The molecule has 1 aromatic rings. The Morgan fingerprint density at radius 3 is 2.75 bits per heavy atom. The van der Waals surface area contributed by atoms with Crippen molar-refractivity contribution in [1.82, 2.24) is 4.31 Å². The van der Waals surface area contributed by atoms with Gasteiger partial charge in [-0.15, -0.1) is 0 Å². The highest BCUT2D eigenvalue weighted by Gasteiger charge is 2.32. The number of rotatable bonds is 5. The molecule has 0 amide bonds. The molecular formula is C14H21NO4S. The Morgan fingerprint density at radius 1 is 1.35 bits per heavy atom. The summed E-state index contributed by atoms with van der Waals surface area (Å²) in [6.07, 6.45) is 0.732. The van der Waals surface area contributed by atoms with Crippen LogP contribution in [0.5, 0.6) is 5.75 Å². The zero-order valence-electron chi connectivity index (χ0n) is 12.1. The van der Waals surface area contributed by atoms with Crippen LogP contribution in [0.25, 0.3) is 0 Å². The third-order valence-electron chi connectivity index (χ3n) is 3.74. The van der Waals surface area contributed by atoms with Crippen molar-refractivity contribution < 1.29 is 17.9 Å². The third-order valence-corrected chi connectivity index (χ3v) is 5.64. The summed E-state index contributed by atoms with van der Waals surface area (Å²) in [4.78, 5) is 0. The van der Waals surface area contributed by atoms with E-state index in [0.717, 1.165) is 17.7 Å². The van der Waals surface area contributed by atoms with E-state index in [0.29, 0.717) is 6.54 Å². The molecule has 0 aromatic heterocycles. The Bertz CT molecular complexity index is 571. The van der Waals surface area contributed by atoms with Crippen LogP contribution in [0.1, 0.15) is 24.1 Å². The van der Waals surface area contributed by atoms with Gasteiger partial charge in [-0.25, -0.2) is 8.42 Å². The maximum Gasteiger partial charge on any atom is 0.216 e. The predicted octanol–water partition coefficient (Wildman–Crippen LogP) is 1.59. The summed E-state index contributed by atoms with van der Waals surface area (Å²) >= 11 is 0. The lowest BCUT2D eigenvalue weighted by molar-refractivity contribution is 0.214. The fourth-order valence-corrected chi connectivity index (χ4v) is 4.16. The Morgan fingerprint density at radius 2 is 2.10 bits per heavy atom. The zero-order chi connectivity index (χ0) is 14.8. The SMILES string of the molecule is COCCS(=O)(=O)N1CCc2ccc(OC)cc2C1C. The Kier molecular flexibility index (Phi) is 4.67. The molecule has 1 aliphatic rings. The van der Waals surface area contributed by atoms with Crippen molar-refractivity contribution in [2.45, 2.75) is 19.4 Å². The lowest BCUT2D eigenvalue weighted by Crippen LogP contribution is -2.40. The van der Waals surface area contributed by atoms with E-state index in [2.05, 4.69) is 0 Å². The van der Waals surface area contributed by atoms with Crippen LogP contribution >= 0.6 is 0 Å². The fourth-order valence-electron chi connectivity index (χ4n) is 2.58. The van der Waals surface area contributed by atoms with Crippen molar-refractivity contribution in [3.05, 3.63) is 29.3 Å². The van der Waals surface area contributed by atoms with E-state index in [4.69, 9.17) is 9.47 Å². The molecular weight excluding hydrogens is 278 g/mol. The van der Waals surface area contributed by atoms with Crippen LogP contribution in [0.3, 0.4) is 0 Å². The first-order chi connectivity index (χ1) is 9.49. The van der Waals surface area contributed by atoms with Gasteiger partial charge >= 0.3 is 0 Å². The van der Waals surface area contributed by atoms with Crippen molar-refractivity contribution in [2.24, 2.45) is 0 Å². The van der Waals surface area contributed by atoms with Gasteiger partial charge in [-0.2, -0.15) is 4.31 Å². The van der Waals surface area contributed by atoms with E-state index in [9.17, 15) is 8.42 Å². The highest BCUT2D eigenvalue weighted by molar-refractivity contribution is 7.89. The maximum atomic E-state index is 12.3.